The van der Waals surface area contributed by atoms with Crippen LogP contribution in [-0.2, 0) is 61.8 Å². The van der Waals surface area contributed by atoms with E-state index >= 15 is 0 Å². The summed E-state index contributed by atoms with van der Waals surface area (Å²) in [6.07, 6.45) is -8.08. The van der Waals surface area contributed by atoms with Crippen LogP contribution in [0, 0.1) is 17.8 Å². The van der Waals surface area contributed by atoms with Crippen LogP contribution in [0.5, 0.6) is 0 Å². The molecule has 0 saturated carbocycles. The van der Waals surface area contributed by atoms with Crippen molar-refractivity contribution in [3.63, 3.8) is 0 Å². The molecule has 0 aromatic rings. The monoisotopic (exact) mass is 857 g/mol. The van der Waals surface area contributed by atoms with Crippen molar-refractivity contribution < 1.29 is 77.1 Å². The number of esters is 3. The summed E-state index contributed by atoms with van der Waals surface area (Å²) in [5.74, 6) is -2.76. The zero-order valence-electron chi connectivity index (χ0n) is 37.2. The smallest absolute Gasteiger partial charge is 0.309 e. The Labute approximate surface area is 354 Å². The van der Waals surface area contributed by atoms with Crippen molar-refractivity contribution in [1.29, 1.82) is 0 Å². The number of carbonyl (C=O) groups is 4. The fraction of sp³-hybridized carbons (Fsp3) is 0.860. The Morgan fingerprint density at radius 3 is 2.27 bits per heavy atom. The average molecular weight is 858 g/mol. The predicted octanol–water partition coefficient (Wildman–Crippen LogP) is 2.61. The predicted molar refractivity (Wildman–Crippen MR) is 214 cm³/mol. The maximum atomic E-state index is 13.4. The molecule has 0 aliphatic carbocycles. The number of aliphatic hydroxyl groups is 3. The number of fused-ring (bicyclic) bond motifs is 1. The van der Waals surface area contributed by atoms with Gasteiger partial charge in [0.1, 0.15) is 48.5 Å². The van der Waals surface area contributed by atoms with Gasteiger partial charge in [-0.25, -0.2) is 0 Å². The number of hydrogen-bond acceptors (Lipinski definition) is 17. The van der Waals surface area contributed by atoms with E-state index in [0.717, 1.165) is 6.29 Å². The summed E-state index contributed by atoms with van der Waals surface area (Å²) in [7, 11) is 4.87. The first kappa shape index (κ1) is 50.1. The number of nitrogens with zero attached hydrogens (tertiary/aromatic N) is 1. The number of methoxy groups -OCH3 is 1. The minimum absolute atomic E-state index is 0.00559. The molecule has 18 unspecified atom stereocenters. The van der Waals surface area contributed by atoms with Gasteiger partial charge in [-0.1, -0.05) is 39.8 Å². The van der Waals surface area contributed by atoms with E-state index in [1.807, 2.05) is 20.8 Å². The van der Waals surface area contributed by atoms with Crippen LogP contribution in [-0.4, -0.2) is 163 Å². The van der Waals surface area contributed by atoms with Crippen LogP contribution in [0.3, 0.4) is 0 Å². The van der Waals surface area contributed by atoms with Crippen molar-refractivity contribution in [2.75, 3.05) is 21.2 Å². The van der Waals surface area contributed by atoms with E-state index in [1.165, 1.54) is 7.11 Å². The lowest BCUT2D eigenvalue weighted by atomic mass is 9.82. The highest BCUT2D eigenvalue weighted by molar-refractivity contribution is 5.72. The normalized spacial score (nSPS) is 42.5. The molecule has 4 aliphatic rings. The number of hydrogen-bond donors (Lipinski definition) is 3. The van der Waals surface area contributed by atoms with E-state index in [2.05, 4.69) is 0 Å². The number of likely N-dealkylation sites (N-methyl/N-ethyl adjacent to an activating group) is 1. The molecule has 0 aromatic carbocycles. The van der Waals surface area contributed by atoms with Crippen molar-refractivity contribution in [1.82, 2.24) is 4.90 Å². The third-order valence-corrected chi connectivity index (χ3v) is 11.8. The lowest BCUT2D eigenvalue weighted by Gasteiger charge is -2.50. The van der Waals surface area contributed by atoms with Gasteiger partial charge in [-0.2, -0.15) is 0 Å². The molecular formula is C43H71NO16. The summed E-state index contributed by atoms with van der Waals surface area (Å²) in [5.41, 5.74) is -1.50. The van der Waals surface area contributed by atoms with Crippen molar-refractivity contribution in [2.24, 2.45) is 17.8 Å². The highest BCUT2D eigenvalue weighted by Crippen LogP contribution is 2.38. The molecule has 3 fully saturated rings. The van der Waals surface area contributed by atoms with Gasteiger partial charge in [0.25, 0.3) is 0 Å². The quantitative estimate of drug-likeness (QED) is 0.0797. The summed E-state index contributed by atoms with van der Waals surface area (Å²) in [6, 6.07) is -0.787. The molecule has 0 aromatic heterocycles. The molecule has 17 nitrogen and oxygen atoms in total. The second-order valence-electron chi connectivity index (χ2n) is 17.9. The summed E-state index contributed by atoms with van der Waals surface area (Å²) in [5, 5.41) is 34.8. The molecule has 17 heteroatoms. The van der Waals surface area contributed by atoms with Crippen molar-refractivity contribution in [3.8, 4) is 0 Å². The van der Waals surface area contributed by atoms with Gasteiger partial charge in [-0.3, -0.25) is 14.4 Å². The summed E-state index contributed by atoms with van der Waals surface area (Å²) >= 11 is 0. The van der Waals surface area contributed by atoms with E-state index in [1.54, 1.807) is 65.8 Å². The summed E-state index contributed by atoms with van der Waals surface area (Å²) in [6.45, 7) is 14.0. The van der Waals surface area contributed by atoms with Crippen molar-refractivity contribution in [3.05, 3.63) is 12.2 Å². The molecule has 18 atom stereocenters. The van der Waals surface area contributed by atoms with Gasteiger partial charge < -0.3 is 67.6 Å². The fourth-order valence-electron chi connectivity index (χ4n) is 8.66. The second-order valence-corrected chi connectivity index (χ2v) is 17.9. The zero-order valence-corrected chi connectivity index (χ0v) is 37.2. The Balaban J connectivity index is 1.65. The molecule has 0 spiro atoms. The van der Waals surface area contributed by atoms with Crippen LogP contribution in [0.2, 0.25) is 0 Å². The Kier molecular flexibility index (Phi) is 18.5. The van der Waals surface area contributed by atoms with Gasteiger partial charge >= 0.3 is 17.9 Å². The van der Waals surface area contributed by atoms with E-state index in [9.17, 15) is 34.5 Å². The minimum Gasteiger partial charge on any atom is -0.462 e. The van der Waals surface area contributed by atoms with Gasteiger partial charge in [0.2, 0.25) is 0 Å². The van der Waals surface area contributed by atoms with E-state index in [0.29, 0.717) is 6.42 Å². The van der Waals surface area contributed by atoms with E-state index in [-0.39, 0.29) is 50.2 Å². The van der Waals surface area contributed by atoms with Crippen molar-refractivity contribution >= 4 is 24.2 Å². The van der Waals surface area contributed by atoms with E-state index in [4.69, 9.17) is 42.6 Å². The molecule has 4 aliphatic heterocycles. The lowest BCUT2D eigenvalue weighted by molar-refractivity contribution is -0.344. The first-order chi connectivity index (χ1) is 28.2. The topological polar surface area (TPSA) is 219 Å². The molecule has 0 bridgehead atoms. The molecule has 0 radical (unpaired) electrons. The number of epoxide rings is 1. The zero-order chi connectivity index (χ0) is 44.6. The Morgan fingerprint density at radius 1 is 0.967 bits per heavy atom. The maximum absolute atomic E-state index is 13.4. The fourth-order valence-corrected chi connectivity index (χ4v) is 8.66. The van der Waals surface area contributed by atoms with Crippen LogP contribution in [0.25, 0.3) is 0 Å². The summed E-state index contributed by atoms with van der Waals surface area (Å²) in [4.78, 5) is 53.0. The average Bonchev–Trinajstić information content (AvgIpc) is 3.89. The van der Waals surface area contributed by atoms with Gasteiger partial charge in [-0.05, 0) is 66.0 Å². The largest absolute Gasteiger partial charge is 0.462 e. The minimum atomic E-state index is -1.50. The van der Waals surface area contributed by atoms with Crippen molar-refractivity contribution in [2.45, 2.75) is 198 Å². The molecule has 60 heavy (non-hydrogen) atoms. The van der Waals surface area contributed by atoms with Gasteiger partial charge in [0.15, 0.2) is 18.7 Å². The Morgan fingerprint density at radius 2 is 1.67 bits per heavy atom. The van der Waals surface area contributed by atoms with E-state index < -0.39 is 121 Å². The van der Waals surface area contributed by atoms with Crippen LogP contribution in [0.4, 0.5) is 0 Å². The van der Waals surface area contributed by atoms with Crippen LogP contribution in [0.1, 0.15) is 100 Å². The molecule has 3 saturated heterocycles. The number of cyclic esters (lactones) is 1. The Bertz CT molecular complexity index is 1440. The highest BCUT2D eigenvalue weighted by Gasteiger charge is 2.53. The molecule has 3 N–H and O–H groups in total. The van der Waals surface area contributed by atoms with Gasteiger partial charge in [0, 0.05) is 39.2 Å². The Hall–Kier alpha value is -2.58. The summed E-state index contributed by atoms with van der Waals surface area (Å²) < 4.78 is 54.7. The van der Waals surface area contributed by atoms with Crippen LogP contribution in [0.15, 0.2) is 12.2 Å². The molecule has 4 heterocycles. The number of rotatable bonds is 13. The molecule has 4 rings (SSSR count). The molecule has 344 valence electrons. The first-order valence-corrected chi connectivity index (χ1v) is 21.4. The van der Waals surface area contributed by atoms with Crippen LogP contribution >= 0.6 is 0 Å². The molecule has 0 amide bonds. The van der Waals surface area contributed by atoms with Gasteiger partial charge in [0.05, 0.1) is 43.0 Å². The SMILES string of the molecule is CCC(=O)OC1CC(=O)OC(C)CC2OC2/C=C/C(O)C(C)CC(CC=O)C(OC2OC(C)C(OC3CC(C)(O)C(OC(=O)CC(C)C)C(C)O3)C(N(C)C)C2O)C1OC. The second kappa shape index (κ2) is 22.2. The highest BCUT2D eigenvalue weighted by atomic mass is 16.7. The maximum Gasteiger partial charge on any atom is 0.309 e. The number of carbonyl (C=O) groups excluding carboxylic acids is 4. The number of ether oxygens (including phenoxy) is 9. The first-order valence-electron chi connectivity index (χ1n) is 21.4. The molecular weight excluding hydrogens is 786 g/mol. The van der Waals surface area contributed by atoms with Crippen LogP contribution < -0.4 is 0 Å². The number of aliphatic hydroxyl groups excluding tert-OH is 2. The lowest BCUT2D eigenvalue weighted by Crippen LogP contribution is -2.66. The third-order valence-electron chi connectivity index (χ3n) is 11.8. The number of aldehydes is 1. The van der Waals surface area contributed by atoms with Gasteiger partial charge in [-0.15, -0.1) is 0 Å². The third kappa shape index (κ3) is 13.5. The standard InChI is InChI=1S/C43H71NO16/c1-12-32(47)57-31-20-34(49)53-24(5)19-30-29(56-30)14-13-28(46)23(4)18-27(15-16-45)39(40(31)52-11)60-42-37(50)36(44(9)10)38(25(6)55-42)59-35-21-43(8,51)41(26(7)54-35)58-33(48)17-22(2)3/h13-14,16,22-31,35-42,46,50-51H,12,15,17-21H2,1-11H3/b14-13+.